The van der Waals surface area contributed by atoms with Crippen LogP contribution in [0.25, 0.3) is 0 Å². The van der Waals surface area contributed by atoms with Gasteiger partial charge in [-0.05, 0) is 31.2 Å². The highest BCUT2D eigenvalue weighted by atomic mass is 32.2. The molecule has 0 radical (unpaired) electrons. The standard InChI is InChI=1S/C12H11FN4O2S/c1-7-11(19)15-12(17-16-7)20-6-10(18)14-9-4-2-8(13)3-5-9/h2-5H,6H2,1H3,(H,14,18)(H,15,17,19). The highest BCUT2D eigenvalue weighted by Gasteiger charge is 2.06. The number of aryl methyl sites for hydroxylation is 1. The zero-order chi connectivity index (χ0) is 14.5. The summed E-state index contributed by atoms with van der Waals surface area (Å²) in [6.45, 7) is 1.54. The summed E-state index contributed by atoms with van der Waals surface area (Å²) in [6, 6.07) is 5.44. The van der Waals surface area contributed by atoms with Crippen molar-refractivity contribution in [2.24, 2.45) is 0 Å². The Bertz CT molecular complexity index is 672. The molecule has 0 unspecified atom stereocenters. The molecule has 6 nitrogen and oxygen atoms in total. The Labute approximate surface area is 117 Å². The van der Waals surface area contributed by atoms with E-state index in [0.29, 0.717) is 5.69 Å². The molecule has 104 valence electrons. The Hall–Kier alpha value is -2.22. The van der Waals surface area contributed by atoms with Gasteiger partial charge in [0.15, 0.2) is 5.16 Å². The molecule has 2 aromatic rings. The van der Waals surface area contributed by atoms with Crippen molar-refractivity contribution in [1.82, 2.24) is 15.2 Å². The number of nitrogens with zero attached hydrogens (tertiary/aromatic N) is 2. The van der Waals surface area contributed by atoms with Crippen LogP contribution in [0.3, 0.4) is 0 Å². The second-order valence-corrected chi connectivity index (χ2v) is 4.85. The average molecular weight is 294 g/mol. The van der Waals surface area contributed by atoms with Gasteiger partial charge in [-0.25, -0.2) is 4.39 Å². The lowest BCUT2D eigenvalue weighted by Gasteiger charge is -2.04. The molecule has 0 saturated carbocycles. The van der Waals surface area contributed by atoms with Gasteiger partial charge in [0.05, 0.1) is 5.75 Å². The molecule has 1 amide bonds. The normalized spacial score (nSPS) is 10.3. The fourth-order valence-electron chi connectivity index (χ4n) is 1.31. The van der Waals surface area contributed by atoms with Gasteiger partial charge < -0.3 is 5.32 Å². The zero-order valence-electron chi connectivity index (χ0n) is 10.5. The van der Waals surface area contributed by atoms with Crippen LogP contribution in [-0.4, -0.2) is 26.8 Å². The zero-order valence-corrected chi connectivity index (χ0v) is 11.3. The first-order valence-electron chi connectivity index (χ1n) is 5.66. The molecule has 0 spiro atoms. The number of hydrogen-bond acceptors (Lipinski definition) is 5. The van der Waals surface area contributed by atoms with Crippen LogP contribution in [0.2, 0.25) is 0 Å². The van der Waals surface area contributed by atoms with E-state index in [1.54, 1.807) is 6.92 Å². The van der Waals surface area contributed by atoms with Crippen LogP contribution in [0.4, 0.5) is 10.1 Å². The number of benzene rings is 1. The van der Waals surface area contributed by atoms with Gasteiger partial charge in [0.25, 0.3) is 5.56 Å². The molecule has 1 heterocycles. The molecule has 2 N–H and O–H groups in total. The van der Waals surface area contributed by atoms with Crippen LogP contribution in [0.5, 0.6) is 0 Å². The maximum Gasteiger partial charge on any atom is 0.273 e. The number of hydrogen-bond donors (Lipinski definition) is 2. The maximum atomic E-state index is 12.7. The van der Waals surface area contributed by atoms with Crippen molar-refractivity contribution in [2.45, 2.75) is 12.1 Å². The monoisotopic (exact) mass is 294 g/mol. The van der Waals surface area contributed by atoms with Crippen molar-refractivity contribution in [2.75, 3.05) is 11.1 Å². The molecule has 0 saturated heterocycles. The smallest absolute Gasteiger partial charge is 0.273 e. The van der Waals surface area contributed by atoms with E-state index in [0.717, 1.165) is 11.8 Å². The van der Waals surface area contributed by atoms with Gasteiger partial charge in [0, 0.05) is 5.69 Å². The lowest BCUT2D eigenvalue weighted by atomic mass is 10.3. The number of thioether (sulfide) groups is 1. The number of rotatable bonds is 4. The molecule has 20 heavy (non-hydrogen) atoms. The molecule has 8 heteroatoms. The molecule has 1 aromatic carbocycles. The van der Waals surface area contributed by atoms with Gasteiger partial charge in [-0.1, -0.05) is 11.8 Å². The van der Waals surface area contributed by atoms with E-state index in [1.807, 2.05) is 0 Å². The number of anilines is 1. The summed E-state index contributed by atoms with van der Waals surface area (Å²) in [5, 5.41) is 10.3. The van der Waals surface area contributed by atoms with E-state index < -0.39 is 0 Å². The van der Waals surface area contributed by atoms with Crippen LogP contribution in [-0.2, 0) is 4.79 Å². The van der Waals surface area contributed by atoms with Crippen molar-refractivity contribution in [1.29, 1.82) is 0 Å². The quantitative estimate of drug-likeness (QED) is 0.831. The Kier molecular flexibility index (Phi) is 4.46. The molecule has 1 aromatic heterocycles. The molecule has 2 rings (SSSR count). The minimum atomic E-state index is -0.370. The Morgan fingerprint density at radius 2 is 2.05 bits per heavy atom. The van der Waals surface area contributed by atoms with Crippen molar-refractivity contribution in [3.05, 3.63) is 46.1 Å². The van der Waals surface area contributed by atoms with Crippen molar-refractivity contribution in [3.63, 3.8) is 0 Å². The van der Waals surface area contributed by atoms with Crippen molar-refractivity contribution in [3.8, 4) is 0 Å². The largest absolute Gasteiger partial charge is 0.325 e. The number of aromatic nitrogens is 3. The van der Waals surface area contributed by atoms with E-state index in [4.69, 9.17) is 0 Å². The van der Waals surface area contributed by atoms with Crippen LogP contribution in [0, 0.1) is 12.7 Å². The summed E-state index contributed by atoms with van der Waals surface area (Å²) in [6.07, 6.45) is 0. The topological polar surface area (TPSA) is 87.7 Å². The number of carbonyl (C=O) groups excluding carboxylic acids is 1. The van der Waals surface area contributed by atoms with E-state index in [1.165, 1.54) is 24.3 Å². The predicted molar refractivity (Wildman–Crippen MR) is 73.1 cm³/mol. The summed E-state index contributed by atoms with van der Waals surface area (Å²) in [4.78, 5) is 25.5. The second kappa shape index (κ2) is 6.29. The highest BCUT2D eigenvalue weighted by Crippen LogP contribution is 2.12. The van der Waals surface area contributed by atoms with Gasteiger partial charge >= 0.3 is 0 Å². The van der Waals surface area contributed by atoms with E-state index >= 15 is 0 Å². The molecule has 0 aliphatic carbocycles. The third-order valence-corrected chi connectivity index (χ3v) is 3.17. The fourth-order valence-corrected chi connectivity index (χ4v) is 1.91. The van der Waals surface area contributed by atoms with Crippen LogP contribution < -0.4 is 10.9 Å². The van der Waals surface area contributed by atoms with Crippen molar-refractivity contribution < 1.29 is 9.18 Å². The first kappa shape index (κ1) is 14.2. The summed E-state index contributed by atoms with van der Waals surface area (Å²) < 4.78 is 12.7. The van der Waals surface area contributed by atoms with Crippen LogP contribution in [0.15, 0.2) is 34.2 Å². The first-order chi connectivity index (χ1) is 9.54. The highest BCUT2D eigenvalue weighted by molar-refractivity contribution is 7.99. The molecular formula is C12H11FN4O2S. The van der Waals surface area contributed by atoms with E-state index in [-0.39, 0.29) is 33.9 Å². The van der Waals surface area contributed by atoms with Crippen molar-refractivity contribution >= 4 is 23.4 Å². The van der Waals surface area contributed by atoms with Gasteiger partial charge in [-0.15, -0.1) is 10.2 Å². The van der Waals surface area contributed by atoms with E-state index in [9.17, 15) is 14.0 Å². The minimum Gasteiger partial charge on any atom is -0.325 e. The molecule has 0 aliphatic rings. The molecule has 0 bridgehead atoms. The number of amides is 1. The summed E-state index contributed by atoms with van der Waals surface area (Å²) in [5.41, 5.74) is 0.437. The Morgan fingerprint density at radius 1 is 1.35 bits per heavy atom. The fraction of sp³-hybridized carbons (Fsp3) is 0.167. The summed E-state index contributed by atoms with van der Waals surface area (Å²) in [7, 11) is 0. The van der Waals surface area contributed by atoms with Crippen LogP contribution in [0.1, 0.15) is 5.69 Å². The van der Waals surface area contributed by atoms with E-state index in [2.05, 4.69) is 20.5 Å². The Balaban J connectivity index is 1.90. The number of halogens is 1. The molecule has 0 atom stereocenters. The maximum absolute atomic E-state index is 12.7. The third kappa shape index (κ3) is 3.89. The third-order valence-electron chi connectivity index (χ3n) is 2.31. The Morgan fingerprint density at radius 3 is 2.70 bits per heavy atom. The predicted octanol–water partition coefficient (Wildman–Crippen LogP) is 1.34. The summed E-state index contributed by atoms with van der Waals surface area (Å²) >= 11 is 1.06. The lowest BCUT2D eigenvalue weighted by Crippen LogP contribution is -2.17. The van der Waals surface area contributed by atoms with Gasteiger partial charge in [-0.2, -0.15) is 0 Å². The molecular weight excluding hydrogens is 283 g/mol. The number of nitrogens with one attached hydrogen (secondary N) is 2. The summed E-state index contributed by atoms with van der Waals surface area (Å²) in [5.74, 6) is -0.597. The molecule has 0 fully saturated rings. The van der Waals surface area contributed by atoms with Gasteiger partial charge in [-0.3, -0.25) is 14.6 Å². The van der Waals surface area contributed by atoms with Gasteiger partial charge in [0.2, 0.25) is 5.91 Å². The first-order valence-corrected chi connectivity index (χ1v) is 6.65. The second-order valence-electron chi connectivity index (χ2n) is 3.89. The number of H-pyrrole nitrogens is 1. The number of carbonyl (C=O) groups is 1. The van der Waals surface area contributed by atoms with Gasteiger partial charge in [0.1, 0.15) is 11.5 Å². The average Bonchev–Trinajstić information content (AvgIpc) is 2.43. The SMILES string of the molecule is Cc1nnc(SCC(=O)Nc2ccc(F)cc2)[nH]c1=O. The molecule has 0 aliphatic heterocycles. The van der Waals surface area contributed by atoms with Crippen LogP contribution >= 0.6 is 11.8 Å². The minimum absolute atomic E-state index is 0.0606. The lowest BCUT2D eigenvalue weighted by molar-refractivity contribution is -0.113. The number of aromatic amines is 1.